The van der Waals surface area contributed by atoms with Gasteiger partial charge in [-0.3, -0.25) is 4.98 Å². The minimum Gasteiger partial charge on any atom is -0.478 e. The lowest BCUT2D eigenvalue weighted by Crippen LogP contribution is -2.41. The van der Waals surface area contributed by atoms with Crippen LogP contribution in [0.4, 0.5) is 5.69 Å². The van der Waals surface area contributed by atoms with Crippen molar-refractivity contribution in [2.24, 2.45) is 0 Å². The van der Waals surface area contributed by atoms with E-state index in [2.05, 4.69) is 4.98 Å². The third-order valence-electron chi connectivity index (χ3n) is 2.93. The van der Waals surface area contributed by atoms with Gasteiger partial charge in [-0.25, -0.2) is 13.2 Å². The first-order valence-electron chi connectivity index (χ1n) is 5.54. The van der Waals surface area contributed by atoms with E-state index in [1.165, 1.54) is 6.20 Å². The molecule has 18 heavy (non-hydrogen) atoms. The Bertz CT molecular complexity index is 569. The van der Waals surface area contributed by atoms with Gasteiger partial charge in [-0.15, -0.1) is 0 Å². The molecule has 0 bridgehead atoms. The number of sulfone groups is 1. The van der Waals surface area contributed by atoms with Crippen LogP contribution in [0.2, 0.25) is 0 Å². The second-order valence-electron chi connectivity index (χ2n) is 4.29. The van der Waals surface area contributed by atoms with Crippen LogP contribution in [0.15, 0.2) is 12.3 Å². The molecular weight excluding hydrogens is 256 g/mol. The maximum absolute atomic E-state index is 11.4. The van der Waals surface area contributed by atoms with Gasteiger partial charge < -0.3 is 10.0 Å². The zero-order chi connectivity index (χ0) is 13.3. The number of carboxylic acid groups (broad SMARTS) is 1. The Morgan fingerprint density at radius 3 is 2.56 bits per heavy atom. The molecule has 6 nitrogen and oxygen atoms in total. The predicted octanol–water partition coefficient (Wildman–Crippen LogP) is 0.323. The van der Waals surface area contributed by atoms with Crippen molar-refractivity contribution in [3.63, 3.8) is 0 Å². The largest absolute Gasteiger partial charge is 0.478 e. The summed E-state index contributed by atoms with van der Waals surface area (Å²) in [4.78, 5) is 16.9. The lowest BCUT2D eigenvalue weighted by molar-refractivity contribution is 0.0697. The van der Waals surface area contributed by atoms with Crippen LogP contribution in [-0.2, 0) is 9.84 Å². The van der Waals surface area contributed by atoms with E-state index >= 15 is 0 Å². The summed E-state index contributed by atoms with van der Waals surface area (Å²) in [6.45, 7) is 2.42. The average molecular weight is 270 g/mol. The molecule has 0 radical (unpaired) electrons. The van der Waals surface area contributed by atoms with Crippen LogP contribution in [0, 0.1) is 6.92 Å². The third kappa shape index (κ3) is 2.61. The molecule has 1 aliphatic rings. The number of carbonyl (C=O) groups is 1. The van der Waals surface area contributed by atoms with Crippen molar-refractivity contribution in [3.05, 3.63) is 23.5 Å². The van der Waals surface area contributed by atoms with Crippen molar-refractivity contribution in [3.8, 4) is 0 Å². The Kier molecular flexibility index (Phi) is 3.25. The molecule has 1 N–H and O–H groups in total. The number of aromatic carboxylic acids is 1. The van der Waals surface area contributed by atoms with Gasteiger partial charge in [-0.2, -0.15) is 0 Å². The summed E-state index contributed by atoms with van der Waals surface area (Å²) in [5.74, 6) is -0.924. The van der Waals surface area contributed by atoms with Gasteiger partial charge in [-0.05, 0) is 13.0 Å². The Morgan fingerprint density at radius 2 is 2.00 bits per heavy atom. The lowest BCUT2D eigenvalue weighted by Gasteiger charge is -2.29. The van der Waals surface area contributed by atoms with Gasteiger partial charge in [0.1, 0.15) is 5.56 Å². The summed E-state index contributed by atoms with van der Waals surface area (Å²) in [7, 11) is -2.97. The number of rotatable bonds is 2. The summed E-state index contributed by atoms with van der Waals surface area (Å²) in [6.07, 6.45) is 1.32. The molecule has 1 aliphatic heterocycles. The molecule has 0 saturated carbocycles. The van der Waals surface area contributed by atoms with Crippen LogP contribution < -0.4 is 4.90 Å². The van der Waals surface area contributed by atoms with Gasteiger partial charge >= 0.3 is 5.97 Å². The molecule has 2 heterocycles. The summed E-state index contributed by atoms with van der Waals surface area (Å²) in [5.41, 5.74) is 1.37. The number of hydrogen-bond acceptors (Lipinski definition) is 5. The number of anilines is 1. The number of hydrogen-bond donors (Lipinski definition) is 1. The average Bonchev–Trinajstić information content (AvgIpc) is 2.28. The quantitative estimate of drug-likeness (QED) is 0.833. The zero-order valence-electron chi connectivity index (χ0n) is 9.96. The van der Waals surface area contributed by atoms with E-state index in [-0.39, 0.29) is 17.1 Å². The molecule has 1 saturated heterocycles. The second-order valence-corrected chi connectivity index (χ2v) is 6.59. The highest BCUT2D eigenvalue weighted by atomic mass is 32.2. The van der Waals surface area contributed by atoms with Crippen LogP contribution >= 0.6 is 0 Å². The zero-order valence-corrected chi connectivity index (χ0v) is 10.8. The van der Waals surface area contributed by atoms with Crippen LogP contribution in [-0.4, -0.2) is 49.1 Å². The highest BCUT2D eigenvalue weighted by Gasteiger charge is 2.25. The van der Waals surface area contributed by atoms with Crippen LogP contribution in [0.1, 0.15) is 16.1 Å². The van der Waals surface area contributed by atoms with Gasteiger partial charge in [0.05, 0.1) is 17.2 Å². The van der Waals surface area contributed by atoms with Crippen molar-refractivity contribution in [2.75, 3.05) is 29.5 Å². The maximum atomic E-state index is 11.4. The normalized spacial score (nSPS) is 18.6. The summed E-state index contributed by atoms with van der Waals surface area (Å²) >= 11 is 0. The highest BCUT2D eigenvalue weighted by molar-refractivity contribution is 7.91. The first-order chi connectivity index (χ1) is 8.39. The second kappa shape index (κ2) is 4.56. The minimum absolute atomic E-state index is 0.0629. The monoisotopic (exact) mass is 270 g/mol. The van der Waals surface area contributed by atoms with E-state index in [9.17, 15) is 13.2 Å². The van der Waals surface area contributed by atoms with E-state index in [1.807, 2.05) is 0 Å². The number of carboxylic acids is 1. The molecule has 1 fully saturated rings. The fraction of sp³-hybridized carbons (Fsp3) is 0.455. The number of aryl methyl sites for hydroxylation is 1. The van der Waals surface area contributed by atoms with Gasteiger partial charge in [-0.1, -0.05) is 0 Å². The van der Waals surface area contributed by atoms with Crippen LogP contribution in [0.25, 0.3) is 0 Å². The van der Waals surface area contributed by atoms with Crippen molar-refractivity contribution >= 4 is 21.5 Å². The standard InChI is InChI=1S/C11H14N2O4S/c1-8-6-10(9(7-12-8)11(14)15)13-2-4-18(16,17)5-3-13/h6-7H,2-5H2,1H3,(H,14,15). The highest BCUT2D eigenvalue weighted by Crippen LogP contribution is 2.22. The predicted molar refractivity (Wildman–Crippen MR) is 66.8 cm³/mol. The maximum Gasteiger partial charge on any atom is 0.339 e. The Balaban J connectivity index is 2.33. The fourth-order valence-corrected chi connectivity index (χ4v) is 3.13. The van der Waals surface area contributed by atoms with Crippen LogP contribution in [0.3, 0.4) is 0 Å². The van der Waals surface area contributed by atoms with E-state index in [0.29, 0.717) is 24.5 Å². The van der Waals surface area contributed by atoms with E-state index in [1.54, 1.807) is 17.9 Å². The molecule has 7 heteroatoms. The Hall–Kier alpha value is -1.63. The molecule has 0 unspecified atom stereocenters. The van der Waals surface area contributed by atoms with Gasteiger partial charge in [0.25, 0.3) is 0 Å². The van der Waals surface area contributed by atoms with Gasteiger partial charge in [0.2, 0.25) is 0 Å². The first-order valence-corrected chi connectivity index (χ1v) is 7.36. The first kappa shape index (κ1) is 12.8. The Labute approximate surface area is 105 Å². The van der Waals surface area contributed by atoms with Gasteiger partial charge in [0, 0.05) is 25.0 Å². The topological polar surface area (TPSA) is 87.6 Å². The molecule has 0 aromatic carbocycles. The van der Waals surface area contributed by atoms with Gasteiger partial charge in [0.15, 0.2) is 9.84 Å². The minimum atomic E-state index is -2.97. The van der Waals surface area contributed by atoms with E-state index < -0.39 is 15.8 Å². The molecule has 0 amide bonds. The lowest BCUT2D eigenvalue weighted by atomic mass is 10.2. The van der Waals surface area contributed by atoms with E-state index in [0.717, 1.165) is 0 Å². The number of nitrogens with zero attached hydrogens (tertiary/aromatic N) is 2. The summed E-state index contributed by atoms with van der Waals surface area (Å²) in [6, 6.07) is 1.68. The SMILES string of the molecule is Cc1cc(N2CCS(=O)(=O)CC2)c(C(=O)O)cn1. The summed E-state index contributed by atoms with van der Waals surface area (Å²) in [5, 5.41) is 9.10. The van der Waals surface area contributed by atoms with E-state index in [4.69, 9.17) is 5.11 Å². The number of aromatic nitrogens is 1. The molecular formula is C11H14N2O4S. The molecule has 0 atom stereocenters. The number of pyridine rings is 1. The van der Waals surface area contributed by atoms with Crippen molar-refractivity contribution in [1.82, 2.24) is 4.98 Å². The molecule has 0 spiro atoms. The van der Waals surface area contributed by atoms with Crippen LogP contribution in [0.5, 0.6) is 0 Å². The fourth-order valence-electron chi connectivity index (χ4n) is 1.93. The van der Waals surface area contributed by atoms with Crippen molar-refractivity contribution < 1.29 is 18.3 Å². The Morgan fingerprint density at radius 1 is 1.39 bits per heavy atom. The molecule has 1 aromatic heterocycles. The summed E-state index contributed by atoms with van der Waals surface area (Å²) < 4.78 is 22.7. The molecule has 98 valence electrons. The van der Waals surface area contributed by atoms with Crippen molar-refractivity contribution in [1.29, 1.82) is 0 Å². The van der Waals surface area contributed by atoms with Crippen molar-refractivity contribution in [2.45, 2.75) is 6.92 Å². The smallest absolute Gasteiger partial charge is 0.339 e. The molecule has 2 rings (SSSR count). The molecule has 0 aliphatic carbocycles. The third-order valence-corrected chi connectivity index (χ3v) is 4.54. The molecule has 1 aromatic rings.